The summed E-state index contributed by atoms with van der Waals surface area (Å²) in [5.41, 5.74) is 6.43. The van der Waals surface area contributed by atoms with Gasteiger partial charge in [0, 0.05) is 5.69 Å². The van der Waals surface area contributed by atoms with Gasteiger partial charge in [-0.05, 0) is 17.7 Å². The first-order valence-electron chi connectivity index (χ1n) is 3.15. The van der Waals surface area contributed by atoms with E-state index in [1.165, 1.54) is 18.2 Å². The van der Waals surface area contributed by atoms with Crippen LogP contribution in [-0.4, -0.2) is 0 Å². The molecule has 2 nitrogen and oxygen atoms in total. The van der Waals surface area contributed by atoms with Crippen molar-refractivity contribution in [1.29, 1.82) is 5.26 Å². The van der Waals surface area contributed by atoms with Crippen molar-refractivity contribution < 1.29 is 4.39 Å². The highest BCUT2D eigenvalue weighted by molar-refractivity contribution is 5.47. The minimum atomic E-state index is -0.371. The summed E-state index contributed by atoms with van der Waals surface area (Å²) in [6.45, 7) is 0. The second-order valence-electron chi connectivity index (χ2n) is 2.18. The zero-order chi connectivity index (χ0) is 8.27. The van der Waals surface area contributed by atoms with E-state index in [4.69, 9.17) is 11.0 Å². The third-order valence-electron chi connectivity index (χ3n) is 1.38. The zero-order valence-corrected chi connectivity index (χ0v) is 5.84. The van der Waals surface area contributed by atoms with E-state index in [0.29, 0.717) is 11.3 Å². The van der Waals surface area contributed by atoms with Crippen molar-refractivity contribution in [3.8, 4) is 6.07 Å². The van der Waals surface area contributed by atoms with Gasteiger partial charge >= 0.3 is 0 Å². The molecule has 0 aromatic heterocycles. The Bertz CT molecular complexity index is 301. The van der Waals surface area contributed by atoms with Crippen molar-refractivity contribution in [3.05, 3.63) is 29.6 Å². The molecule has 0 amide bonds. The molecule has 0 bridgehead atoms. The minimum Gasteiger partial charge on any atom is -0.398 e. The van der Waals surface area contributed by atoms with Gasteiger partial charge in [0.15, 0.2) is 0 Å². The van der Waals surface area contributed by atoms with Crippen molar-refractivity contribution >= 4 is 5.69 Å². The van der Waals surface area contributed by atoms with Gasteiger partial charge < -0.3 is 5.73 Å². The molecule has 0 aliphatic rings. The monoisotopic (exact) mass is 150 g/mol. The Hall–Kier alpha value is -1.56. The molecule has 56 valence electrons. The molecule has 0 atom stereocenters. The molecule has 3 heteroatoms. The maximum atomic E-state index is 12.4. The maximum absolute atomic E-state index is 12.4. The second-order valence-corrected chi connectivity index (χ2v) is 2.18. The molecular weight excluding hydrogens is 143 g/mol. The molecule has 2 N–H and O–H groups in total. The van der Waals surface area contributed by atoms with Gasteiger partial charge in [-0.3, -0.25) is 0 Å². The number of nitrogens with two attached hydrogens (primary N) is 1. The van der Waals surface area contributed by atoms with Crippen LogP contribution in [-0.2, 0) is 6.42 Å². The van der Waals surface area contributed by atoms with E-state index in [2.05, 4.69) is 0 Å². The topological polar surface area (TPSA) is 49.8 Å². The average Bonchev–Trinajstić information content (AvgIpc) is 1.95. The first-order chi connectivity index (χ1) is 5.24. The summed E-state index contributed by atoms with van der Waals surface area (Å²) in [4.78, 5) is 0. The molecule has 0 unspecified atom stereocenters. The molecule has 1 aromatic carbocycles. The molecule has 0 fully saturated rings. The number of benzene rings is 1. The summed E-state index contributed by atoms with van der Waals surface area (Å²) < 4.78 is 12.4. The lowest BCUT2D eigenvalue weighted by molar-refractivity contribution is 0.628. The molecule has 0 saturated carbocycles. The van der Waals surface area contributed by atoms with E-state index in [1.54, 1.807) is 0 Å². The number of nitrogen functional groups attached to an aromatic ring is 1. The molecule has 0 aliphatic carbocycles. The van der Waals surface area contributed by atoms with Gasteiger partial charge in [0.25, 0.3) is 0 Å². The highest BCUT2D eigenvalue weighted by Crippen LogP contribution is 2.13. The predicted octanol–water partition coefficient (Wildman–Crippen LogP) is 1.47. The van der Waals surface area contributed by atoms with Crippen LogP contribution >= 0.6 is 0 Å². The van der Waals surface area contributed by atoms with Crippen LogP contribution in [0.5, 0.6) is 0 Å². The van der Waals surface area contributed by atoms with Gasteiger partial charge in [0.2, 0.25) is 0 Å². The fourth-order valence-electron chi connectivity index (χ4n) is 0.812. The quantitative estimate of drug-likeness (QED) is 0.616. The molecule has 0 saturated heterocycles. The standard InChI is InChI=1S/C8H7FN2/c9-7-2-1-6(3-4-10)8(11)5-7/h1-2,5H,3,11H2. The van der Waals surface area contributed by atoms with Crippen LogP contribution in [0.1, 0.15) is 5.56 Å². The van der Waals surface area contributed by atoms with Crippen LogP contribution in [0.4, 0.5) is 10.1 Å². The van der Waals surface area contributed by atoms with Crippen molar-refractivity contribution in [2.75, 3.05) is 5.73 Å². The minimum absolute atomic E-state index is 0.228. The SMILES string of the molecule is N#CCc1ccc(F)cc1N. The third-order valence-corrected chi connectivity index (χ3v) is 1.38. The van der Waals surface area contributed by atoms with Gasteiger partial charge in [-0.25, -0.2) is 4.39 Å². The van der Waals surface area contributed by atoms with E-state index < -0.39 is 0 Å². The molecule has 0 radical (unpaired) electrons. The fourth-order valence-corrected chi connectivity index (χ4v) is 0.812. The normalized spacial score (nSPS) is 9.09. The van der Waals surface area contributed by atoms with Crippen LogP contribution in [0.3, 0.4) is 0 Å². The Morgan fingerprint density at radius 3 is 2.82 bits per heavy atom. The molecule has 0 spiro atoms. The predicted molar refractivity (Wildman–Crippen MR) is 40.1 cm³/mol. The Kier molecular flexibility index (Phi) is 2.07. The van der Waals surface area contributed by atoms with Crippen molar-refractivity contribution in [3.63, 3.8) is 0 Å². The summed E-state index contributed by atoms with van der Waals surface area (Å²) >= 11 is 0. The Labute approximate surface area is 64.1 Å². The van der Waals surface area contributed by atoms with Crippen LogP contribution in [0, 0.1) is 17.1 Å². The number of nitrogens with zero attached hydrogens (tertiary/aromatic N) is 1. The number of halogens is 1. The largest absolute Gasteiger partial charge is 0.398 e. The van der Waals surface area contributed by atoms with Gasteiger partial charge in [-0.1, -0.05) is 6.07 Å². The first kappa shape index (κ1) is 7.55. The lowest BCUT2D eigenvalue weighted by Crippen LogP contribution is -1.93. The van der Waals surface area contributed by atoms with E-state index in [-0.39, 0.29) is 12.2 Å². The Balaban J connectivity index is 3.01. The van der Waals surface area contributed by atoms with Gasteiger partial charge in [-0.2, -0.15) is 5.26 Å². The number of hydrogen-bond donors (Lipinski definition) is 1. The van der Waals surface area contributed by atoms with Crippen LogP contribution in [0.25, 0.3) is 0 Å². The van der Waals surface area contributed by atoms with Crippen molar-refractivity contribution in [2.45, 2.75) is 6.42 Å². The molecule has 1 aromatic rings. The highest BCUT2D eigenvalue weighted by atomic mass is 19.1. The maximum Gasteiger partial charge on any atom is 0.125 e. The number of anilines is 1. The summed E-state index contributed by atoms with van der Waals surface area (Å²) in [5, 5.41) is 8.31. The number of nitriles is 1. The lowest BCUT2D eigenvalue weighted by Gasteiger charge is -1.99. The number of rotatable bonds is 1. The van der Waals surface area contributed by atoms with E-state index in [9.17, 15) is 4.39 Å². The highest BCUT2D eigenvalue weighted by Gasteiger charge is 1.98. The van der Waals surface area contributed by atoms with Crippen LogP contribution in [0.15, 0.2) is 18.2 Å². The number of hydrogen-bond acceptors (Lipinski definition) is 2. The summed E-state index contributed by atoms with van der Waals surface area (Å²) in [6.07, 6.45) is 0.228. The molecular formula is C8H7FN2. The van der Waals surface area contributed by atoms with Gasteiger partial charge in [-0.15, -0.1) is 0 Å². The zero-order valence-electron chi connectivity index (χ0n) is 5.84. The van der Waals surface area contributed by atoms with Crippen molar-refractivity contribution in [1.82, 2.24) is 0 Å². The fraction of sp³-hybridized carbons (Fsp3) is 0.125. The summed E-state index contributed by atoms with van der Waals surface area (Å²) in [7, 11) is 0. The van der Waals surface area contributed by atoms with E-state index in [1.807, 2.05) is 6.07 Å². The molecule has 0 heterocycles. The lowest BCUT2D eigenvalue weighted by atomic mass is 10.1. The van der Waals surface area contributed by atoms with E-state index >= 15 is 0 Å². The van der Waals surface area contributed by atoms with Crippen LogP contribution < -0.4 is 5.73 Å². The van der Waals surface area contributed by atoms with E-state index in [0.717, 1.165) is 0 Å². The molecule has 0 aliphatic heterocycles. The van der Waals surface area contributed by atoms with Crippen molar-refractivity contribution in [2.24, 2.45) is 0 Å². The van der Waals surface area contributed by atoms with Crippen LogP contribution in [0.2, 0.25) is 0 Å². The Morgan fingerprint density at radius 1 is 1.55 bits per heavy atom. The summed E-state index contributed by atoms with van der Waals surface area (Å²) in [5.74, 6) is -0.371. The van der Waals surface area contributed by atoms with Gasteiger partial charge in [0.05, 0.1) is 12.5 Å². The smallest absolute Gasteiger partial charge is 0.125 e. The van der Waals surface area contributed by atoms with Gasteiger partial charge in [0.1, 0.15) is 5.82 Å². The molecule has 11 heavy (non-hydrogen) atoms. The second kappa shape index (κ2) is 3.02. The first-order valence-corrected chi connectivity index (χ1v) is 3.15. The third kappa shape index (κ3) is 1.68. The Morgan fingerprint density at radius 2 is 2.27 bits per heavy atom. The average molecular weight is 150 g/mol. The molecule has 1 rings (SSSR count). The summed E-state index contributed by atoms with van der Waals surface area (Å²) in [6, 6.07) is 5.97.